The molecule has 2 nitrogen and oxygen atoms in total. The molecule has 0 bridgehead atoms. The summed E-state index contributed by atoms with van der Waals surface area (Å²) >= 11 is 0. The summed E-state index contributed by atoms with van der Waals surface area (Å²) in [6, 6.07) is 5.28. The Hall–Kier alpha value is -0.930. The highest BCUT2D eigenvalue weighted by atomic mass is 19.1. The molecule has 1 N–H and O–H groups in total. The average Bonchev–Trinajstić information content (AvgIpc) is 2.91. The van der Waals surface area contributed by atoms with Crippen LogP contribution in [0.1, 0.15) is 63.1 Å². The summed E-state index contributed by atoms with van der Waals surface area (Å²) in [6.45, 7) is 7.91. The van der Waals surface area contributed by atoms with Crippen molar-refractivity contribution < 1.29 is 9.13 Å². The van der Waals surface area contributed by atoms with Gasteiger partial charge in [-0.2, -0.15) is 0 Å². The van der Waals surface area contributed by atoms with Gasteiger partial charge in [0.1, 0.15) is 5.82 Å². The third-order valence-corrected chi connectivity index (χ3v) is 4.55. The molecule has 118 valence electrons. The molecular formula is C18H28FNO. The van der Waals surface area contributed by atoms with Crippen LogP contribution in [0.2, 0.25) is 0 Å². The molecule has 1 aromatic rings. The van der Waals surface area contributed by atoms with E-state index in [1.807, 2.05) is 13.0 Å². The second-order valence-corrected chi connectivity index (χ2v) is 6.09. The highest BCUT2D eigenvalue weighted by molar-refractivity contribution is 5.32. The molecule has 1 aliphatic rings. The zero-order valence-electron chi connectivity index (χ0n) is 13.5. The van der Waals surface area contributed by atoms with Gasteiger partial charge in [-0.1, -0.05) is 25.8 Å². The van der Waals surface area contributed by atoms with Crippen LogP contribution in [0.15, 0.2) is 18.2 Å². The zero-order chi connectivity index (χ0) is 15.3. The monoisotopic (exact) mass is 293 g/mol. The summed E-state index contributed by atoms with van der Waals surface area (Å²) in [4.78, 5) is 0. The molecule has 0 aromatic heterocycles. The fourth-order valence-corrected chi connectivity index (χ4v) is 3.61. The van der Waals surface area contributed by atoms with E-state index in [-0.39, 0.29) is 17.5 Å². The highest BCUT2D eigenvalue weighted by Gasteiger charge is 2.43. The van der Waals surface area contributed by atoms with Gasteiger partial charge < -0.3 is 10.1 Å². The molecule has 1 fully saturated rings. The number of rotatable bonds is 7. The maximum absolute atomic E-state index is 13.4. The number of halogens is 1. The Morgan fingerprint density at radius 1 is 1.29 bits per heavy atom. The molecule has 3 heteroatoms. The molecule has 1 saturated carbocycles. The fourth-order valence-electron chi connectivity index (χ4n) is 3.61. The van der Waals surface area contributed by atoms with E-state index in [0.717, 1.165) is 38.0 Å². The Kier molecular flexibility index (Phi) is 5.77. The number of hydrogen-bond donors (Lipinski definition) is 1. The predicted molar refractivity (Wildman–Crippen MR) is 85.0 cm³/mol. The minimum Gasteiger partial charge on any atom is -0.373 e. The van der Waals surface area contributed by atoms with Crippen LogP contribution in [0.3, 0.4) is 0 Å². The number of hydrogen-bond acceptors (Lipinski definition) is 2. The van der Waals surface area contributed by atoms with Crippen LogP contribution >= 0.6 is 0 Å². The van der Waals surface area contributed by atoms with Gasteiger partial charge in [-0.25, -0.2) is 4.39 Å². The lowest BCUT2D eigenvalue weighted by Crippen LogP contribution is -2.45. The van der Waals surface area contributed by atoms with E-state index < -0.39 is 0 Å². The van der Waals surface area contributed by atoms with Crippen LogP contribution in [-0.2, 0) is 4.74 Å². The van der Waals surface area contributed by atoms with E-state index >= 15 is 0 Å². The van der Waals surface area contributed by atoms with Crippen LogP contribution in [-0.4, -0.2) is 18.8 Å². The van der Waals surface area contributed by atoms with Crippen molar-refractivity contribution in [3.63, 3.8) is 0 Å². The SMILES string of the molecule is CCCNC(c1ccc(F)cc1C)C1(OCC)CCCC1. The van der Waals surface area contributed by atoms with Crippen LogP contribution in [0.4, 0.5) is 4.39 Å². The van der Waals surface area contributed by atoms with Crippen molar-refractivity contribution >= 4 is 0 Å². The van der Waals surface area contributed by atoms with Crippen LogP contribution < -0.4 is 5.32 Å². The van der Waals surface area contributed by atoms with E-state index in [1.54, 1.807) is 12.1 Å². The maximum Gasteiger partial charge on any atom is 0.123 e. The largest absolute Gasteiger partial charge is 0.373 e. The Morgan fingerprint density at radius 3 is 2.57 bits per heavy atom. The van der Waals surface area contributed by atoms with E-state index in [2.05, 4.69) is 19.2 Å². The van der Waals surface area contributed by atoms with Crippen molar-refractivity contribution in [2.45, 2.75) is 64.5 Å². The van der Waals surface area contributed by atoms with Crippen LogP contribution in [0.5, 0.6) is 0 Å². The molecule has 2 rings (SSSR count). The first-order valence-corrected chi connectivity index (χ1v) is 8.26. The van der Waals surface area contributed by atoms with Gasteiger partial charge in [0.05, 0.1) is 11.6 Å². The second-order valence-electron chi connectivity index (χ2n) is 6.09. The smallest absolute Gasteiger partial charge is 0.123 e. The number of nitrogens with one attached hydrogen (secondary N) is 1. The summed E-state index contributed by atoms with van der Waals surface area (Å²) in [6.07, 6.45) is 5.67. The fraction of sp³-hybridized carbons (Fsp3) is 0.667. The topological polar surface area (TPSA) is 21.3 Å². The van der Waals surface area contributed by atoms with Crippen molar-refractivity contribution in [3.05, 3.63) is 35.1 Å². The van der Waals surface area contributed by atoms with Crippen molar-refractivity contribution in [1.82, 2.24) is 5.32 Å². The van der Waals surface area contributed by atoms with Crippen LogP contribution in [0, 0.1) is 12.7 Å². The van der Waals surface area contributed by atoms with Gasteiger partial charge in [-0.05, 0) is 62.9 Å². The molecule has 0 radical (unpaired) electrons. The van der Waals surface area contributed by atoms with Crippen molar-refractivity contribution in [2.24, 2.45) is 0 Å². The standard InChI is InChI=1S/C18H28FNO/c1-4-12-20-17(16-9-8-15(19)13-14(16)3)18(21-5-2)10-6-7-11-18/h8-9,13,17,20H,4-7,10-12H2,1-3H3. The predicted octanol–water partition coefficient (Wildman–Crippen LogP) is 4.52. The number of ether oxygens (including phenoxy) is 1. The molecule has 1 aromatic carbocycles. The van der Waals surface area contributed by atoms with Gasteiger partial charge in [-0.15, -0.1) is 0 Å². The minimum atomic E-state index is -0.164. The molecule has 1 unspecified atom stereocenters. The molecule has 0 heterocycles. The number of aryl methyl sites for hydroxylation is 1. The van der Waals surface area contributed by atoms with Gasteiger partial charge in [-0.3, -0.25) is 0 Å². The van der Waals surface area contributed by atoms with Gasteiger partial charge in [0, 0.05) is 6.61 Å². The summed E-state index contributed by atoms with van der Waals surface area (Å²) in [5.41, 5.74) is 2.06. The average molecular weight is 293 g/mol. The lowest BCUT2D eigenvalue weighted by atomic mass is 9.84. The summed E-state index contributed by atoms with van der Waals surface area (Å²) in [7, 11) is 0. The lowest BCUT2D eigenvalue weighted by Gasteiger charge is -2.39. The molecule has 0 aliphatic heterocycles. The maximum atomic E-state index is 13.4. The van der Waals surface area contributed by atoms with E-state index in [9.17, 15) is 4.39 Å². The highest BCUT2D eigenvalue weighted by Crippen LogP contribution is 2.43. The third kappa shape index (κ3) is 3.64. The van der Waals surface area contributed by atoms with E-state index in [4.69, 9.17) is 4.74 Å². The quantitative estimate of drug-likeness (QED) is 0.798. The van der Waals surface area contributed by atoms with Crippen molar-refractivity contribution in [3.8, 4) is 0 Å². The zero-order valence-corrected chi connectivity index (χ0v) is 13.5. The minimum absolute atomic E-state index is 0.132. The molecule has 21 heavy (non-hydrogen) atoms. The van der Waals surface area contributed by atoms with Crippen LogP contribution in [0.25, 0.3) is 0 Å². The van der Waals surface area contributed by atoms with Crippen molar-refractivity contribution in [2.75, 3.05) is 13.2 Å². The Labute approximate surface area is 128 Å². The third-order valence-electron chi connectivity index (χ3n) is 4.55. The Balaban J connectivity index is 2.36. The van der Waals surface area contributed by atoms with E-state index in [0.29, 0.717) is 0 Å². The van der Waals surface area contributed by atoms with Gasteiger partial charge in [0.25, 0.3) is 0 Å². The Morgan fingerprint density at radius 2 is 2.00 bits per heavy atom. The molecule has 1 aliphatic carbocycles. The second kappa shape index (κ2) is 7.37. The molecule has 0 saturated heterocycles. The summed E-state index contributed by atoms with van der Waals surface area (Å²) in [5, 5.41) is 3.67. The van der Waals surface area contributed by atoms with Gasteiger partial charge in [0.2, 0.25) is 0 Å². The molecule has 0 amide bonds. The van der Waals surface area contributed by atoms with Gasteiger partial charge in [0.15, 0.2) is 0 Å². The molecule has 1 atom stereocenters. The van der Waals surface area contributed by atoms with Crippen molar-refractivity contribution in [1.29, 1.82) is 0 Å². The first-order valence-electron chi connectivity index (χ1n) is 8.26. The molecule has 0 spiro atoms. The van der Waals surface area contributed by atoms with E-state index in [1.165, 1.54) is 18.4 Å². The number of benzene rings is 1. The lowest BCUT2D eigenvalue weighted by molar-refractivity contribution is -0.0627. The van der Waals surface area contributed by atoms with Gasteiger partial charge >= 0.3 is 0 Å². The molecular weight excluding hydrogens is 265 g/mol. The first kappa shape index (κ1) is 16.4. The first-order chi connectivity index (χ1) is 10.1. The Bertz CT molecular complexity index is 455. The summed E-state index contributed by atoms with van der Waals surface area (Å²) < 4.78 is 19.7. The summed E-state index contributed by atoms with van der Waals surface area (Å²) in [5.74, 6) is -0.164. The normalized spacial score (nSPS) is 18.9.